The molecule has 2 aliphatic rings. The first-order valence-electron chi connectivity index (χ1n) is 7.63. The van der Waals surface area contributed by atoms with Gasteiger partial charge < -0.3 is 14.9 Å². The average molecular weight is 269 g/mol. The Morgan fingerprint density at radius 2 is 1.53 bits per heavy atom. The zero-order chi connectivity index (χ0) is 13.5. The van der Waals surface area contributed by atoms with E-state index in [1.807, 2.05) is 4.90 Å². The molecule has 0 atom stereocenters. The minimum atomic E-state index is 0.271. The van der Waals surface area contributed by atoms with Gasteiger partial charge in [-0.15, -0.1) is 0 Å². The minimum Gasteiger partial charge on any atom is -0.396 e. The summed E-state index contributed by atoms with van der Waals surface area (Å²) in [7, 11) is 0. The summed E-state index contributed by atoms with van der Waals surface area (Å²) in [5, 5.41) is 8.82. The summed E-state index contributed by atoms with van der Waals surface area (Å²) in [4.78, 5) is 18.8. The topological polar surface area (TPSA) is 47.0 Å². The third kappa shape index (κ3) is 4.75. The fourth-order valence-electron chi connectivity index (χ4n) is 2.90. The first kappa shape index (κ1) is 14.8. The fraction of sp³-hybridized carbons (Fsp3) is 0.929. The number of carbonyl (C=O) groups excluding carboxylic acids is 1. The number of piperidine rings is 1. The lowest BCUT2D eigenvalue weighted by Gasteiger charge is -2.36. The van der Waals surface area contributed by atoms with Crippen molar-refractivity contribution in [3.63, 3.8) is 0 Å². The SMILES string of the molecule is O=C(CN1CCN(CCCO)CC1)N1CCCCC1. The standard InChI is InChI=1S/C14H27N3O2/c18-12-4-5-15-8-10-16(11-9-15)13-14(19)17-6-2-1-3-7-17/h18H,1-13H2. The molecule has 0 aromatic heterocycles. The van der Waals surface area contributed by atoms with E-state index in [9.17, 15) is 4.79 Å². The predicted molar refractivity (Wildman–Crippen MR) is 75.0 cm³/mol. The molecule has 1 N–H and O–H groups in total. The molecule has 0 saturated carbocycles. The van der Waals surface area contributed by atoms with Crippen molar-refractivity contribution in [1.82, 2.24) is 14.7 Å². The van der Waals surface area contributed by atoms with E-state index in [-0.39, 0.29) is 6.61 Å². The highest BCUT2D eigenvalue weighted by molar-refractivity contribution is 5.78. The lowest BCUT2D eigenvalue weighted by molar-refractivity contribution is -0.133. The van der Waals surface area contributed by atoms with Gasteiger partial charge in [-0.25, -0.2) is 0 Å². The highest BCUT2D eigenvalue weighted by atomic mass is 16.3. The van der Waals surface area contributed by atoms with Crippen LogP contribution in [0.4, 0.5) is 0 Å². The average Bonchev–Trinajstić information content (AvgIpc) is 2.47. The summed E-state index contributed by atoms with van der Waals surface area (Å²) in [6.07, 6.45) is 4.46. The zero-order valence-electron chi connectivity index (χ0n) is 11.9. The Morgan fingerprint density at radius 3 is 2.16 bits per heavy atom. The molecule has 0 aromatic carbocycles. The maximum Gasteiger partial charge on any atom is 0.236 e. The van der Waals surface area contributed by atoms with Gasteiger partial charge in [0.15, 0.2) is 0 Å². The van der Waals surface area contributed by atoms with Gasteiger partial charge in [0.1, 0.15) is 0 Å². The Balaban J connectivity index is 1.65. The molecular weight excluding hydrogens is 242 g/mol. The van der Waals surface area contributed by atoms with E-state index in [4.69, 9.17) is 5.11 Å². The molecule has 5 heteroatoms. The second-order valence-corrected chi connectivity index (χ2v) is 5.64. The van der Waals surface area contributed by atoms with E-state index in [2.05, 4.69) is 9.80 Å². The number of amides is 1. The number of aliphatic hydroxyl groups is 1. The van der Waals surface area contributed by atoms with Crippen LogP contribution in [-0.2, 0) is 4.79 Å². The zero-order valence-corrected chi connectivity index (χ0v) is 11.9. The van der Waals surface area contributed by atoms with Gasteiger partial charge in [-0.2, -0.15) is 0 Å². The van der Waals surface area contributed by atoms with Gasteiger partial charge in [-0.1, -0.05) is 0 Å². The van der Waals surface area contributed by atoms with Gasteiger partial charge in [0, 0.05) is 52.4 Å². The molecule has 1 amide bonds. The number of rotatable bonds is 5. The van der Waals surface area contributed by atoms with Crippen molar-refractivity contribution in [3.8, 4) is 0 Å². The summed E-state index contributed by atoms with van der Waals surface area (Å²) in [5.41, 5.74) is 0. The van der Waals surface area contributed by atoms with Crippen molar-refractivity contribution in [2.24, 2.45) is 0 Å². The number of piperazine rings is 1. The molecule has 0 spiro atoms. The van der Waals surface area contributed by atoms with Crippen LogP contribution in [0.3, 0.4) is 0 Å². The van der Waals surface area contributed by atoms with Crippen LogP contribution in [0, 0.1) is 0 Å². The third-order valence-corrected chi connectivity index (χ3v) is 4.17. The Labute approximate surface area is 116 Å². The molecule has 2 heterocycles. The summed E-state index contributed by atoms with van der Waals surface area (Å²) >= 11 is 0. The number of nitrogens with zero attached hydrogens (tertiary/aromatic N) is 3. The molecular formula is C14H27N3O2. The fourth-order valence-corrected chi connectivity index (χ4v) is 2.90. The van der Waals surface area contributed by atoms with Crippen LogP contribution in [0.1, 0.15) is 25.7 Å². The van der Waals surface area contributed by atoms with Crippen molar-refractivity contribution < 1.29 is 9.90 Å². The van der Waals surface area contributed by atoms with Gasteiger partial charge >= 0.3 is 0 Å². The summed E-state index contributed by atoms with van der Waals surface area (Å²) in [5.74, 6) is 0.309. The normalized spacial score (nSPS) is 22.7. The van der Waals surface area contributed by atoms with Gasteiger partial charge in [0.2, 0.25) is 5.91 Å². The van der Waals surface area contributed by atoms with Gasteiger partial charge in [0.25, 0.3) is 0 Å². The van der Waals surface area contributed by atoms with Crippen molar-refractivity contribution in [1.29, 1.82) is 0 Å². The molecule has 0 unspecified atom stereocenters. The molecule has 5 nitrogen and oxygen atoms in total. The van der Waals surface area contributed by atoms with E-state index in [1.165, 1.54) is 19.3 Å². The molecule has 2 fully saturated rings. The molecule has 19 heavy (non-hydrogen) atoms. The largest absolute Gasteiger partial charge is 0.396 e. The first-order chi connectivity index (χ1) is 9.29. The van der Waals surface area contributed by atoms with E-state index in [0.29, 0.717) is 12.5 Å². The van der Waals surface area contributed by atoms with E-state index < -0.39 is 0 Å². The summed E-state index contributed by atoms with van der Waals surface area (Å²) < 4.78 is 0. The molecule has 2 saturated heterocycles. The number of hydrogen-bond acceptors (Lipinski definition) is 4. The van der Waals surface area contributed by atoms with Crippen LogP contribution < -0.4 is 0 Å². The van der Waals surface area contributed by atoms with Crippen molar-refractivity contribution >= 4 is 5.91 Å². The van der Waals surface area contributed by atoms with Gasteiger partial charge in [-0.3, -0.25) is 9.69 Å². The monoisotopic (exact) mass is 269 g/mol. The number of likely N-dealkylation sites (tertiary alicyclic amines) is 1. The Morgan fingerprint density at radius 1 is 0.895 bits per heavy atom. The second kappa shape index (κ2) is 7.82. The van der Waals surface area contributed by atoms with Crippen LogP contribution in [0.25, 0.3) is 0 Å². The summed E-state index contributed by atoms with van der Waals surface area (Å²) in [6.45, 7) is 7.74. The minimum absolute atomic E-state index is 0.271. The first-order valence-corrected chi connectivity index (χ1v) is 7.63. The molecule has 110 valence electrons. The lowest BCUT2D eigenvalue weighted by Crippen LogP contribution is -2.50. The molecule has 2 aliphatic heterocycles. The lowest BCUT2D eigenvalue weighted by atomic mass is 10.1. The van der Waals surface area contributed by atoms with Gasteiger partial charge in [0.05, 0.1) is 6.54 Å². The van der Waals surface area contributed by atoms with E-state index in [1.54, 1.807) is 0 Å². The highest BCUT2D eigenvalue weighted by Gasteiger charge is 2.22. The van der Waals surface area contributed by atoms with Crippen LogP contribution in [0.2, 0.25) is 0 Å². The number of hydrogen-bond donors (Lipinski definition) is 1. The van der Waals surface area contributed by atoms with Crippen LogP contribution in [-0.4, -0.2) is 84.7 Å². The van der Waals surface area contributed by atoms with Crippen molar-refractivity contribution in [3.05, 3.63) is 0 Å². The molecule has 0 aliphatic carbocycles. The van der Waals surface area contributed by atoms with E-state index in [0.717, 1.165) is 52.2 Å². The van der Waals surface area contributed by atoms with Crippen LogP contribution in [0.15, 0.2) is 0 Å². The maximum atomic E-state index is 12.2. The van der Waals surface area contributed by atoms with E-state index >= 15 is 0 Å². The number of carbonyl (C=O) groups is 1. The van der Waals surface area contributed by atoms with Crippen LogP contribution in [0.5, 0.6) is 0 Å². The summed E-state index contributed by atoms with van der Waals surface area (Å²) in [6, 6.07) is 0. The van der Waals surface area contributed by atoms with Gasteiger partial charge in [-0.05, 0) is 25.7 Å². The van der Waals surface area contributed by atoms with Crippen molar-refractivity contribution in [2.75, 3.05) is 59.0 Å². The quantitative estimate of drug-likeness (QED) is 0.763. The smallest absolute Gasteiger partial charge is 0.236 e. The Hall–Kier alpha value is -0.650. The second-order valence-electron chi connectivity index (χ2n) is 5.64. The highest BCUT2D eigenvalue weighted by Crippen LogP contribution is 2.10. The van der Waals surface area contributed by atoms with Crippen molar-refractivity contribution in [2.45, 2.75) is 25.7 Å². The third-order valence-electron chi connectivity index (χ3n) is 4.17. The molecule has 0 radical (unpaired) electrons. The Bertz CT molecular complexity index is 272. The maximum absolute atomic E-state index is 12.2. The molecule has 0 bridgehead atoms. The molecule has 2 rings (SSSR count). The Kier molecular flexibility index (Phi) is 6.07. The predicted octanol–water partition coefficient (Wildman–Crippen LogP) is -0.00110. The number of aliphatic hydroxyl groups excluding tert-OH is 1. The molecule has 0 aromatic rings. The van der Waals surface area contributed by atoms with Crippen LogP contribution >= 0.6 is 0 Å².